The summed E-state index contributed by atoms with van der Waals surface area (Å²) in [6.07, 6.45) is 0.584. The van der Waals surface area contributed by atoms with E-state index in [9.17, 15) is 9.59 Å². The molecule has 8 heteroatoms. The quantitative estimate of drug-likeness (QED) is 0.506. The molecule has 0 aliphatic rings. The smallest absolute Gasteiger partial charge is 0.341 e. The number of benzene rings is 2. The number of carboxylic acid groups (broad SMARTS) is 1. The van der Waals surface area contributed by atoms with Gasteiger partial charge in [0.25, 0.3) is 5.91 Å². The van der Waals surface area contributed by atoms with Crippen molar-refractivity contribution in [1.29, 1.82) is 0 Å². The van der Waals surface area contributed by atoms with Crippen molar-refractivity contribution >= 4 is 29.2 Å². The molecule has 1 amide bonds. The van der Waals surface area contributed by atoms with Crippen LogP contribution in [0.2, 0.25) is 5.02 Å². The molecule has 142 valence electrons. The van der Waals surface area contributed by atoms with Gasteiger partial charge in [-0.2, -0.15) is 5.10 Å². The average molecular weight is 391 g/mol. The van der Waals surface area contributed by atoms with Crippen LogP contribution in [0.1, 0.15) is 18.9 Å². The third-order valence-electron chi connectivity index (χ3n) is 3.40. The first kappa shape index (κ1) is 20.3. The molecule has 0 radical (unpaired) electrons. The van der Waals surface area contributed by atoms with Gasteiger partial charge in [0, 0.05) is 0 Å². The highest BCUT2D eigenvalue weighted by Gasteiger charge is 2.07. The fourth-order valence-corrected chi connectivity index (χ4v) is 2.29. The molecular formula is C19H19ClN2O5. The van der Waals surface area contributed by atoms with Gasteiger partial charge >= 0.3 is 5.97 Å². The molecule has 0 aliphatic carbocycles. The summed E-state index contributed by atoms with van der Waals surface area (Å²) >= 11 is 5.96. The van der Waals surface area contributed by atoms with E-state index in [-0.39, 0.29) is 6.61 Å². The second-order valence-corrected chi connectivity index (χ2v) is 5.78. The Kier molecular flexibility index (Phi) is 7.63. The Balaban J connectivity index is 1.92. The van der Waals surface area contributed by atoms with Crippen molar-refractivity contribution < 1.29 is 24.2 Å². The summed E-state index contributed by atoms with van der Waals surface area (Å²) in [7, 11) is 0. The maximum atomic E-state index is 11.9. The van der Waals surface area contributed by atoms with E-state index in [4.69, 9.17) is 26.2 Å². The summed E-state index contributed by atoms with van der Waals surface area (Å²) in [5.74, 6) is -0.598. The Bertz CT molecular complexity index is 821. The number of hydrogen-bond donors (Lipinski definition) is 2. The zero-order valence-electron chi connectivity index (χ0n) is 14.6. The van der Waals surface area contributed by atoms with E-state index in [0.717, 1.165) is 5.56 Å². The van der Waals surface area contributed by atoms with Gasteiger partial charge in [-0.1, -0.05) is 30.7 Å². The Hall–Kier alpha value is -3.06. The zero-order chi connectivity index (χ0) is 19.6. The maximum Gasteiger partial charge on any atom is 0.341 e. The molecule has 2 aromatic carbocycles. The normalized spacial score (nSPS) is 11.0. The van der Waals surface area contributed by atoms with Crippen LogP contribution in [0.3, 0.4) is 0 Å². The highest BCUT2D eigenvalue weighted by atomic mass is 35.5. The fraction of sp³-hybridized carbons (Fsp3) is 0.211. The number of para-hydroxylation sites is 1. The van der Waals surface area contributed by atoms with Gasteiger partial charge < -0.3 is 14.6 Å². The van der Waals surface area contributed by atoms with E-state index in [1.165, 1.54) is 0 Å². The predicted molar refractivity (Wildman–Crippen MR) is 101 cm³/mol. The number of hydrogen-bond acceptors (Lipinski definition) is 5. The van der Waals surface area contributed by atoms with Gasteiger partial charge in [-0.25, -0.2) is 10.2 Å². The SMILES string of the molecule is CC/C(=N/NC(=O)COc1ccccc1Cl)c1ccc(OCC(=O)O)cc1. The largest absolute Gasteiger partial charge is 0.482 e. The Labute approximate surface area is 161 Å². The van der Waals surface area contributed by atoms with E-state index in [1.807, 2.05) is 6.92 Å². The lowest BCUT2D eigenvalue weighted by Gasteiger charge is -2.09. The molecule has 7 nitrogen and oxygen atoms in total. The molecular weight excluding hydrogens is 372 g/mol. The van der Waals surface area contributed by atoms with E-state index in [2.05, 4.69) is 10.5 Å². The van der Waals surface area contributed by atoms with Gasteiger partial charge in [-0.3, -0.25) is 4.79 Å². The maximum absolute atomic E-state index is 11.9. The lowest BCUT2D eigenvalue weighted by atomic mass is 10.1. The minimum atomic E-state index is -1.04. The molecule has 0 aromatic heterocycles. The zero-order valence-corrected chi connectivity index (χ0v) is 15.4. The molecule has 2 N–H and O–H groups in total. The summed E-state index contributed by atoms with van der Waals surface area (Å²) in [5, 5.41) is 13.2. The van der Waals surface area contributed by atoms with Crippen LogP contribution in [0, 0.1) is 0 Å². The molecule has 2 aromatic rings. The Morgan fingerprint density at radius 1 is 1.07 bits per heavy atom. The van der Waals surface area contributed by atoms with Gasteiger partial charge in [0.05, 0.1) is 10.7 Å². The van der Waals surface area contributed by atoms with Gasteiger partial charge in [0.1, 0.15) is 11.5 Å². The van der Waals surface area contributed by atoms with Crippen LogP contribution in [0.25, 0.3) is 0 Å². The summed E-state index contributed by atoms with van der Waals surface area (Å²) in [5.41, 5.74) is 3.89. The van der Waals surface area contributed by atoms with Crippen molar-refractivity contribution in [2.24, 2.45) is 5.10 Å². The number of carboxylic acids is 1. The van der Waals surface area contributed by atoms with Gasteiger partial charge in [0.15, 0.2) is 13.2 Å². The van der Waals surface area contributed by atoms with Crippen LogP contribution in [0.15, 0.2) is 53.6 Å². The molecule has 0 saturated heterocycles. The standard InChI is InChI=1S/C19H19ClN2O5/c1-2-16(13-7-9-14(10-8-13)26-12-19(24)25)21-22-18(23)11-27-17-6-4-3-5-15(17)20/h3-10H,2,11-12H2,1H3,(H,22,23)(H,24,25)/b21-16-. The number of nitrogens with one attached hydrogen (secondary N) is 1. The number of aliphatic carboxylic acids is 1. The van der Waals surface area contributed by atoms with Gasteiger partial charge in [-0.05, 0) is 48.4 Å². The molecule has 0 bridgehead atoms. The fourth-order valence-electron chi connectivity index (χ4n) is 2.10. The third-order valence-corrected chi connectivity index (χ3v) is 3.71. The lowest BCUT2D eigenvalue weighted by molar-refractivity contribution is -0.139. The van der Waals surface area contributed by atoms with Crippen molar-refractivity contribution in [2.45, 2.75) is 13.3 Å². The number of rotatable bonds is 9. The molecule has 27 heavy (non-hydrogen) atoms. The van der Waals surface area contributed by atoms with Crippen LogP contribution in [-0.4, -0.2) is 35.9 Å². The molecule has 0 spiro atoms. The average Bonchev–Trinajstić information content (AvgIpc) is 2.67. The summed E-state index contributed by atoms with van der Waals surface area (Å²) < 4.78 is 10.4. The number of carbonyl (C=O) groups is 2. The van der Waals surface area contributed by atoms with Gasteiger partial charge in [-0.15, -0.1) is 0 Å². The van der Waals surface area contributed by atoms with Crippen molar-refractivity contribution in [3.63, 3.8) is 0 Å². The number of halogens is 1. The van der Waals surface area contributed by atoms with E-state index in [1.54, 1.807) is 48.5 Å². The van der Waals surface area contributed by atoms with Crippen molar-refractivity contribution in [1.82, 2.24) is 5.43 Å². The summed E-state index contributed by atoms with van der Waals surface area (Å²) in [6.45, 7) is 1.28. The van der Waals surface area contributed by atoms with Crippen LogP contribution in [-0.2, 0) is 9.59 Å². The van der Waals surface area contributed by atoms with Gasteiger partial charge in [0.2, 0.25) is 0 Å². The second kappa shape index (κ2) is 10.2. The Morgan fingerprint density at radius 3 is 2.41 bits per heavy atom. The topological polar surface area (TPSA) is 97.2 Å². The molecule has 0 atom stereocenters. The minimum absolute atomic E-state index is 0.216. The first-order chi connectivity index (χ1) is 13.0. The van der Waals surface area contributed by atoms with Crippen molar-refractivity contribution in [3.8, 4) is 11.5 Å². The van der Waals surface area contributed by atoms with Crippen LogP contribution in [0.5, 0.6) is 11.5 Å². The Morgan fingerprint density at radius 2 is 1.78 bits per heavy atom. The monoisotopic (exact) mass is 390 g/mol. The first-order valence-corrected chi connectivity index (χ1v) is 8.55. The van der Waals surface area contributed by atoms with E-state index >= 15 is 0 Å². The van der Waals surface area contributed by atoms with E-state index < -0.39 is 18.5 Å². The highest BCUT2D eigenvalue weighted by Crippen LogP contribution is 2.22. The summed E-state index contributed by atoms with van der Waals surface area (Å²) in [4.78, 5) is 22.4. The first-order valence-electron chi connectivity index (χ1n) is 8.17. The molecule has 0 unspecified atom stereocenters. The molecule has 0 aliphatic heterocycles. The number of amides is 1. The molecule has 2 rings (SSSR count). The molecule has 0 saturated carbocycles. The molecule has 0 fully saturated rings. The number of carbonyl (C=O) groups excluding carboxylic acids is 1. The minimum Gasteiger partial charge on any atom is -0.482 e. The highest BCUT2D eigenvalue weighted by molar-refractivity contribution is 6.32. The predicted octanol–water partition coefficient (Wildman–Crippen LogP) is 3.11. The summed E-state index contributed by atoms with van der Waals surface area (Å²) in [6, 6.07) is 13.6. The number of ether oxygens (including phenoxy) is 2. The van der Waals surface area contributed by atoms with Crippen molar-refractivity contribution in [2.75, 3.05) is 13.2 Å². The number of nitrogens with zero attached hydrogens (tertiary/aromatic N) is 1. The van der Waals surface area contributed by atoms with E-state index in [0.29, 0.717) is 28.7 Å². The van der Waals surface area contributed by atoms with Crippen LogP contribution in [0.4, 0.5) is 0 Å². The second-order valence-electron chi connectivity index (χ2n) is 5.37. The van der Waals surface area contributed by atoms with Crippen LogP contribution < -0.4 is 14.9 Å². The number of hydrazone groups is 1. The third kappa shape index (κ3) is 6.63. The van der Waals surface area contributed by atoms with Crippen LogP contribution >= 0.6 is 11.6 Å². The molecule has 0 heterocycles. The lowest BCUT2D eigenvalue weighted by Crippen LogP contribution is -2.26. The van der Waals surface area contributed by atoms with Crippen molar-refractivity contribution in [3.05, 3.63) is 59.1 Å².